The van der Waals surface area contributed by atoms with Gasteiger partial charge in [-0.25, -0.2) is 0 Å². The van der Waals surface area contributed by atoms with Gasteiger partial charge in [0.1, 0.15) is 0 Å². The van der Waals surface area contributed by atoms with Crippen LogP contribution in [0.15, 0.2) is 18.2 Å². The van der Waals surface area contributed by atoms with Crippen LogP contribution in [0.5, 0.6) is 0 Å². The van der Waals surface area contributed by atoms with E-state index in [1.807, 2.05) is 0 Å². The van der Waals surface area contributed by atoms with Crippen molar-refractivity contribution in [1.82, 2.24) is 4.98 Å². The van der Waals surface area contributed by atoms with E-state index in [0.717, 1.165) is 0 Å². The molecule has 0 fully saturated rings. The van der Waals surface area contributed by atoms with Gasteiger partial charge in [0.15, 0.2) is 0 Å². The SMILES string of the molecule is CP(C)c1cccc(C(C)(C)C)n1. The molecule has 0 atom stereocenters. The molecule has 0 amide bonds. The van der Waals surface area contributed by atoms with E-state index >= 15 is 0 Å². The monoisotopic (exact) mass is 195 g/mol. The molecule has 1 heterocycles. The van der Waals surface area contributed by atoms with Crippen molar-refractivity contribution in [2.24, 2.45) is 0 Å². The lowest BCUT2D eigenvalue weighted by molar-refractivity contribution is 0.570. The van der Waals surface area contributed by atoms with Gasteiger partial charge in [-0.2, -0.15) is 0 Å². The van der Waals surface area contributed by atoms with Gasteiger partial charge in [-0.15, -0.1) is 0 Å². The van der Waals surface area contributed by atoms with Gasteiger partial charge in [-0.05, 0) is 25.5 Å². The maximum Gasteiger partial charge on any atom is 0.0629 e. The van der Waals surface area contributed by atoms with Crippen molar-refractivity contribution in [3.05, 3.63) is 23.9 Å². The molecule has 1 nitrogen and oxygen atoms in total. The minimum Gasteiger partial charge on any atom is -0.253 e. The zero-order chi connectivity index (χ0) is 10.1. The van der Waals surface area contributed by atoms with Crippen LogP contribution in [-0.4, -0.2) is 18.3 Å². The van der Waals surface area contributed by atoms with E-state index in [0.29, 0.717) is 0 Å². The molecule has 1 rings (SSSR count). The molecule has 1 aromatic rings. The Morgan fingerprint density at radius 3 is 2.23 bits per heavy atom. The Labute approximate surface area is 82.3 Å². The summed E-state index contributed by atoms with van der Waals surface area (Å²) in [6.07, 6.45) is 0. The second-order valence-corrected chi connectivity index (χ2v) is 6.77. The van der Waals surface area contributed by atoms with E-state index in [9.17, 15) is 0 Å². The summed E-state index contributed by atoms with van der Waals surface area (Å²) >= 11 is 0. The average molecular weight is 195 g/mol. The first-order valence-corrected chi connectivity index (χ1v) is 6.80. The molecule has 2 heteroatoms. The summed E-state index contributed by atoms with van der Waals surface area (Å²) in [7, 11) is -0.0701. The van der Waals surface area contributed by atoms with E-state index < -0.39 is 0 Å². The van der Waals surface area contributed by atoms with Crippen LogP contribution in [0.4, 0.5) is 0 Å². The lowest BCUT2D eigenvalue weighted by atomic mass is 9.92. The molecule has 72 valence electrons. The van der Waals surface area contributed by atoms with E-state index in [2.05, 4.69) is 57.3 Å². The molecule has 0 unspecified atom stereocenters. The predicted octanol–water partition coefficient (Wildman–Crippen LogP) is 2.75. The maximum atomic E-state index is 4.67. The third kappa shape index (κ3) is 2.77. The molecule has 0 saturated carbocycles. The van der Waals surface area contributed by atoms with Crippen molar-refractivity contribution in [3.63, 3.8) is 0 Å². The first-order valence-electron chi connectivity index (χ1n) is 4.56. The Kier molecular flexibility index (Phi) is 3.08. The Morgan fingerprint density at radius 1 is 1.15 bits per heavy atom. The van der Waals surface area contributed by atoms with Gasteiger partial charge >= 0.3 is 0 Å². The lowest BCUT2D eigenvalue weighted by Gasteiger charge is -2.19. The molecule has 0 aliphatic rings. The van der Waals surface area contributed by atoms with Crippen molar-refractivity contribution in [2.45, 2.75) is 26.2 Å². The van der Waals surface area contributed by atoms with Crippen LogP contribution in [0, 0.1) is 0 Å². The third-order valence-electron chi connectivity index (χ3n) is 1.96. The predicted molar refractivity (Wildman–Crippen MR) is 61.3 cm³/mol. The summed E-state index contributed by atoms with van der Waals surface area (Å²) in [5, 5.41) is 0. The third-order valence-corrected chi connectivity index (χ3v) is 3.13. The number of hydrogen-bond acceptors (Lipinski definition) is 1. The Morgan fingerprint density at radius 2 is 1.77 bits per heavy atom. The molecule has 0 aliphatic heterocycles. The first kappa shape index (κ1) is 10.7. The number of nitrogens with zero attached hydrogens (tertiary/aromatic N) is 1. The van der Waals surface area contributed by atoms with Crippen LogP contribution in [0.25, 0.3) is 0 Å². The molecule has 0 N–H and O–H groups in total. The summed E-state index contributed by atoms with van der Waals surface area (Å²) in [6.45, 7) is 11.1. The molecule has 0 spiro atoms. The topological polar surface area (TPSA) is 12.9 Å². The number of hydrogen-bond donors (Lipinski definition) is 0. The molecule has 0 aromatic carbocycles. The number of pyridine rings is 1. The fourth-order valence-corrected chi connectivity index (χ4v) is 1.78. The highest BCUT2D eigenvalue weighted by molar-refractivity contribution is 7.63. The van der Waals surface area contributed by atoms with Crippen LogP contribution in [0.1, 0.15) is 26.5 Å². The smallest absolute Gasteiger partial charge is 0.0629 e. The van der Waals surface area contributed by atoms with Crippen LogP contribution in [-0.2, 0) is 5.41 Å². The quantitative estimate of drug-likeness (QED) is 0.628. The van der Waals surface area contributed by atoms with Crippen LogP contribution in [0.2, 0.25) is 0 Å². The summed E-state index contributed by atoms with van der Waals surface area (Å²) in [5.74, 6) is 0. The van der Waals surface area contributed by atoms with Crippen molar-refractivity contribution >= 4 is 13.4 Å². The highest BCUT2D eigenvalue weighted by Gasteiger charge is 2.15. The van der Waals surface area contributed by atoms with E-state index in [1.165, 1.54) is 11.1 Å². The molecular formula is C11H18NP. The number of aromatic nitrogens is 1. The van der Waals surface area contributed by atoms with Gasteiger partial charge in [-0.3, -0.25) is 4.98 Å². The van der Waals surface area contributed by atoms with Crippen LogP contribution in [0.3, 0.4) is 0 Å². The van der Waals surface area contributed by atoms with Gasteiger partial charge in [0.25, 0.3) is 0 Å². The zero-order valence-electron chi connectivity index (χ0n) is 9.13. The van der Waals surface area contributed by atoms with Gasteiger partial charge < -0.3 is 0 Å². The van der Waals surface area contributed by atoms with E-state index in [4.69, 9.17) is 0 Å². The molecule has 13 heavy (non-hydrogen) atoms. The summed E-state index contributed by atoms with van der Waals surface area (Å²) in [5.41, 5.74) is 2.62. The fourth-order valence-electron chi connectivity index (χ4n) is 1.09. The molecule has 1 aromatic heterocycles. The molecular weight excluding hydrogens is 177 g/mol. The fraction of sp³-hybridized carbons (Fsp3) is 0.545. The highest BCUT2D eigenvalue weighted by atomic mass is 31.1. The normalized spacial score (nSPS) is 12.2. The second-order valence-electron chi connectivity index (χ2n) is 4.53. The average Bonchev–Trinajstić information content (AvgIpc) is 2.03. The highest BCUT2D eigenvalue weighted by Crippen LogP contribution is 2.24. The van der Waals surface area contributed by atoms with Gasteiger partial charge in [0.2, 0.25) is 0 Å². The Bertz CT molecular complexity index is 286. The molecule has 0 saturated heterocycles. The van der Waals surface area contributed by atoms with Crippen molar-refractivity contribution in [2.75, 3.05) is 13.3 Å². The lowest BCUT2D eigenvalue weighted by Crippen LogP contribution is -2.18. The van der Waals surface area contributed by atoms with Crippen molar-refractivity contribution < 1.29 is 0 Å². The molecule has 0 bridgehead atoms. The summed E-state index contributed by atoms with van der Waals surface area (Å²) in [4.78, 5) is 4.67. The van der Waals surface area contributed by atoms with E-state index in [-0.39, 0.29) is 13.3 Å². The summed E-state index contributed by atoms with van der Waals surface area (Å²) in [6, 6.07) is 6.36. The molecule has 0 aliphatic carbocycles. The van der Waals surface area contributed by atoms with Crippen molar-refractivity contribution in [1.29, 1.82) is 0 Å². The van der Waals surface area contributed by atoms with Gasteiger partial charge in [0, 0.05) is 11.1 Å². The van der Waals surface area contributed by atoms with Crippen molar-refractivity contribution in [3.8, 4) is 0 Å². The van der Waals surface area contributed by atoms with Crippen LogP contribution >= 0.6 is 7.92 Å². The van der Waals surface area contributed by atoms with E-state index in [1.54, 1.807) is 0 Å². The van der Waals surface area contributed by atoms with Crippen LogP contribution < -0.4 is 5.44 Å². The van der Waals surface area contributed by atoms with Gasteiger partial charge in [-0.1, -0.05) is 34.8 Å². The standard InChI is InChI=1S/C11H18NP/c1-11(2,3)9-7-6-8-10(12-9)13(4)5/h6-8H,1-5H3. The zero-order valence-corrected chi connectivity index (χ0v) is 10.0. The molecule has 0 radical (unpaired) electrons. The first-order chi connectivity index (χ1) is 5.91. The maximum absolute atomic E-state index is 4.67. The largest absolute Gasteiger partial charge is 0.253 e. The van der Waals surface area contributed by atoms with Gasteiger partial charge in [0.05, 0.1) is 5.44 Å². The number of rotatable bonds is 1. The minimum atomic E-state index is -0.0701. The Balaban J connectivity index is 3.06. The minimum absolute atomic E-state index is 0.0701. The second kappa shape index (κ2) is 3.75. The Hall–Kier alpha value is -0.420. The summed E-state index contributed by atoms with van der Waals surface area (Å²) < 4.78 is 0.